The molecule has 1 heterocycles. The van der Waals surface area contributed by atoms with Gasteiger partial charge in [-0.05, 0) is 12.0 Å². The van der Waals surface area contributed by atoms with Crippen molar-refractivity contribution in [2.45, 2.75) is 32.4 Å². The van der Waals surface area contributed by atoms with E-state index in [1.165, 1.54) is 5.56 Å². The van der Waals surface area contributed by atoms with E-state index in [9.17, 15) is 4.79 Å². The van der Waals surface area contributed by atoms with Crippen LogP contribution in [-0.4, -0.2) is 66.3 Å². The number of benzene rings is 1. The van der Waals surface area contributed by atoms with Crippen molar-refractivity contribution in [2.75, 3.05) is 39.5 Å². The molecule has 5 nitrogen and oxygen atoms in total. The van der Waals surface area contributed by atoms with Gasteiger partial charge in [0.15, 0.2) is 0 Å². The van der Waals surface area contributed by atoms with Gasteiger partial charge in [-0.3, -0.25) is 9.69 Å². The molecule has 0 bridgehead atoms. The minimum atomic E-state index is 0.0565. The molecule has 0 aliphatic carbocycles. The normalized spacial score (nSPS) is 19.8. The maximum atomic E-state index is 12.5. The summed E-state index contributed by atoms with van der Waals surface area (Å²) in [4.78, 5) is 16.9. The fourth-order valence-electron chi connectivity index (χ4n) is 3.00. The molecule has 128 valence electrons. The summed E-state index contributed by atoms with van der Waals surface area (Å²) in [5, 5.41) is 8.75. The second-order valence-electron chi connectivity index (χ2n) is 5.96. The Kier molecular flexibility index (Phi) is 7.52. The van der Waals surface area contributed by atoms with Crippen LogP contribution in [0.1, 0.15) is 25.3 Å². The van der Waals surface area contributed by atoms with E-state index < -0.39 is 0 Å². The Morgan fingerprint density at radius 2 is 2.04 bits per heavy atom. The molecular formula is C18H28N2O3. The van der Waals surface area contributed by atoms with Crippen LogP contribution in [0, 0.1) is 0 Å². The van der Waals surface area contributed by atoms with E-state index in [-0.39, 0.29) is 18.6 Å². The Bertz CT molecular complexity index is 467. The topological polar surface area (TPSA) is 53.0 Å². The lowest BCUT2D eigenvalue weighted by Crippen LogP contribution is -2.43. The number of carbonyl (C=O) groups is 1. The molecular weight excluding hydrogens is 292 g/mol. The molecule has 1 unspecified atom stereocenters. The minimum Gasteiger partial charge on any atom is -0.394 e. The molecule has 1 aliphatic heterocycles. The summed E-state index contributed by atoms with van der Waals surface area (Å²) in [5.74, 6) is 0.236. The van der Waals surface area contributed by atoms with Crippen LogP contribution >= 0.6 is 0 Å². The van der Waals surface area contributed by atoms with Crippen LogP contribution in [0.3, 0.4) is 0 Å². The van der Waals surface area contributed by atoms with Gasteiger partial charge in [0.1, 0.15) is 0 Å². The first-order valence-electron chi connectivity index (χ1n) is 8.49. The molecule has 1 fully saturated rings. The Hall–Kier alpha value is -1.43. The van der Waals surface area contributed by atoms with E-state index in [2.05, 4.69) is 24.0 Å². The van der Waals surface area contributed by atoms with Crippen molar-refractivity contribution < 1.29 is 14.6 Å². The summed E-state index contributed by atoms with van der Waals surface area (Å²) in [5.41, 5.74) is 1.18. The highest BCUT2D eigenvalue weighted by Crippen LogP contribution is 2.17. The van der Waals surface area contributed by atoms with E-state index >= 15 is 0 Å². The van der Waals surface area contributed by atoms with Crippen molar-refractivity contribution in [3.63, 3.8) is 0 Å². The summed E-state index contributed by atoms with van der Waals surface area (Å²) < 4.78 is 5.35. The number of hydrogen-bond donors (Lipinski definition) is 1. The van der Waals surface area contributed by atoms with Crippen molar-refractivity contribution >= 4 is 5.91 Å². The Labute approximate surface area is 138 Å². The average Bonchev–Trinajstić information content (AvgIpc) is 2.73. The van der Waals surface area contributed by atoms with Crippen molar-refractivity contribution in [1.82, 2.24) is 9.80 Å². The highest BCUT2D eigenvalue weighted by atomic mass is 16.5. The number of hydrogen-bond acceptors (Lipinski definition) is 4. The monoisotopic (exact) mass is 320 g/mol. The van der Waals surface area contributed by atoms with Crippen LogP contribution in [-0.2, 0) is 16.1 Å². The number of ether oxygens (including phenoxy) is 1. The molecule has 23 heavy (non-hydrogen) atoms. The van der Waals surface area contributed by atoms with Gasteiger partial charge in [0.25, 0.3) is 0 Å². The second kappa shape index (κ2) is 9.65. The first-order chi connectivity index (χ1) is 11.2. The van der Waals surface area contributed by atoms with Crippen LogP contribution in [0.5, 0.6) is 0 Å². The number of amides is 1. The molecule has 1 aromatic rings. The van der Waals surface area contributed by atoms with Crippen LogP contribution in [0.15, 0.2) is 30.3 Å². The van der Waals surface area contributed by atoms with Crippen molar-refractivity contribution in [1.29, 1.82) is 0 Å². The van der Waals surface area contributed by atoms with Gasteiger partial charge < -0.3 is 14.7 Å². The zero-order valence-electron chi connectivity index (χ0n) is 14.0. The van der Waals surface area contributed by atoms with Crippen LogP contribution in [0.4, 0.5) is 0 Å². The summed E-state index contributed by atoms with van der Waals surface area (Å²) >= 11 is 0. The molecule has 1 saturated heterocycles. The number of aliphatic hydroxyl groups is 1. The SMILES string of the molecule is CCC1CN(CCOCCO)CCC(=O)N1Cc1ccccc1. The molecule has 2 rings (SSSR count). The lowest BCUT2D eigenvalue weighted by Gasteiger charge is -2.31. The van der Waals surface area contributed by atoms with Gasteiger partial charge >= 0.3 is 0 Å². The third-order valence-corrected chi connectivity index (χ3v) is 4.33. The smallest absolute Gasteiger partial charge is 0.224 e. The Morgan fingerprint density at radius 3 is 2.74 bits per heavy atom. The quantitative estimate of drug-likeness (QED) is 0.738. The number of nitrogens with zero attached hydrogens (tertiary/aromatic N) is 2. The van der Waals surface area contributed by atoms with Crippen molar-refractivity contribution in [2.24, 2.45) is 0 Å². The standard InChI is InChI=1S/C18H28N2O3/c1-2-17-15-19(10-12-23-13-11-21)9-8-18(22)20(17)14-16-6-4-3-5-7-16/h3-7,17,21H,2,8-15H2,1H3. The molecule has 0 radical (unpaired) electrons. The highest BCUT2D eigenvalue weighted by Gasteiger charge is 2.28. The first kappa shape index (κ1) is 17.9. The van der Waals surface area contributed by atoms with E-state index in [0.29, 0.717) is 26.2 Å². The lowest BCUT2D eigenvalue weighted by atomic mass is 10.1. The summed E-state index contributed by atoms with van der Waals surface area (Å²) in [6.07, 6.45) is 1.51. The fourth-order valence-corrected chi connectivity index (χ4v) is 3.00. The molecule has 1 amide bonds. The fraction of sp³-hybridized carbons (Fsp3) is 0.611. The molecule has 0 spiro atoms. The van der Waals surface area contributed by atoms with Crippen LogP contribution in [0.25, 0.3) is 0 Å². The third-order valence-electron chi connectivity index (χ3n) is 4.33. The zero-order valence-corrected chi connectivity index (χ0v) is 14.0. The van der Waals surface area contributed by atoms with Gasteiger partial charge in [0, 0.05) is 38.6 Å². The average molecular weight is 320 g/mol. The van der Waals surface area contributed by atoms with Gasteiger partial charge in [0.2, 0.25) is 5.91 Å². The van der Waals surface area contributed by atoms with Crippen LogP contribution in [0.2, 0.25) is 0 Å². The number of aliphatic hydroxyl groups excluding tert-OH is 1. The maximum Gasteiger partial charge on any atom is 0.224 e. The summed E-state index contributed by atoms with van der Waals surface area (Å²) in [7, 11) is 0. The number of carbonyl (C=O) groups excluding carboxylic acids is 1. The highest BCUT2D eigenvalue weighted by molar-refractivity contribution is 5.77. The van der Waals surface area contributed by atoms with E-state index in [1.54, 1.807) is 0 Å². The van der Waals surface area contributed by atoms with E-state index in [0.717, 1.165) is 26.1 Å². The van der Waals surface area contributed by atoms with Gasteiger partial charge in [-0.2, -0.15) is 0 Å². The van der Waals surface area contributed by atoms with Crippen molar-refractivity contribution in [3.8, 4) is 0 Å². The van der Waals surface area contributed by atoms with E-state index in [4.69, 9.17) is 9.84 Å². The maximum absolute atomic E-state index is 12.5. The Balaban J connectivity index is 1.95. The minimum absolute atomic E-state index is 0.0565. The summed E-state index contributed by atoms with van der Waals surface area (Å²) in [6.45, 7) is 6.34. The van der Waals surface area contributed by atoms with Gasteiger partial charge in [-0.15, -0.1) is 0 Å². The van der Waals surface area contributed by atoms with Gasteiger partial charge in [-0.25, -0.2) is 0 Å². The molecule has 0 saturated carbocycles. The molecule has 1 atom stereocenters. The first-order valence-corrected chi connectivity index (χ1v) is 8.49. The van der Waals surface area contributed by atoms with E-state index in [1.807, 2.05) is 23.1 Å². The molecule has 1 aliphatic rings. The van der Waals surface area contributed by atoms with Gasteiger partial charge in [0.05, 0.1) is 19.8 Å². The summed E-state index contributed by atoms with van der Waals surface area (Å²) in [6, 6.07) is 10.4. The predicted molar refractivity (Wildman–Crippen MR) is 90.0 cm³/mol. The largest absolute Gasteiger partial charge is 0.394 e. The number of rotatable bonds is 8. The molecule has 5 heteroatoms. The zero-order chi connectivity index (χ0) is 16.5. The van der Waals surface area contributed by atoms with Crippen molar-refractivity contribution in [3.05, 3.63) is 35.9 Å². The Morgan fingerprint density at radius 1 is 1.26 bits per heavy atom. The van der Waals surface area contributed by atoms with Gasteiger partial charge in [-0.1, -0.05) is 37.3 Å². The lowest BCUT2D eigenvalue weighted by molar-refractivity contribution is -0.133. The molecule has 1 N–H and O–H groups in total. The molecule has 1 aromatic carbocycles. The third kappa shape index (κ3) is 5.61. The second-order valence-corrected chi connectivity index (χ2v) is 5.96. The molecule has 0 aromatic heterocycles. The predicted octanol–water partition coefficient (Wildman–Crippen LogP) is 1.51. The van der Waals surface area contributed by atoms with Crippen LogP contribution < -0.4 is 0 Å².